The molecule has 6 rings (SSSR count). The van der Waals surface area contributed by atoms with E-state index in [9.17, 15) is 14.0 Å². The van der Waals surface area contributed by atoms with Gasteiger partial charge in [-0.3, -0.25) is 4.79 Å². The number of alkyl halides is 1. The van der Waals surface area contributed by atoms with Crippen molar-refractivity contribution >= 4 is 24.0 Å². The normalized spacial score (nSPS) is 21.2. The molecular weight excluding hydrogens is 467 g/mol. The van der Waals surface area contributed by atoms with E-state index in [1.54, 1.807) is 4.90 Å². The van der Waals surface area contributed by atoms with Gasteiger partial charge in [0.2, 0.25) is 0 Å². The van der Waals surface area contributed by atoms with E-state index in [0.717, 1.165) is 41.8 Å². The van der Waals surface area contributed by atoms with Gasteiger partial charge >= 0.3 is 5.97 Å². The molecule has 192 valence electrons. The second-order valence-corrected chi connectivity index (χ2v) is 10.6. The first kappa shape index (κ1) is 24.0. The van der Waals surface area contributed by atoms with Crippen molar-refractivity contribution in [3.8, 4) is 11.3 Å². The van der Waals surface area contributed by atoms with Gasteiger partial charge in [0.1, 0.15) is 6.17 Å². The van der Waals surface area contributed by atoms with E-state index in [4.69, 9.17) is 4.74 Å². The third-order valence-corrected chi connectivity index (χ3v) is 8.36. The van der Waals surface area contributed by atoms with E-state index >= 15 is 0 Å². The number of aromatic nitrogens is 1. The van der Waals surface area contributed by atoms with E-state index in [0.29, 0.717) is 36.6 Å². The molecule has 4 aliphatic rings. The zero-order valence-electron chi connectivity index (χ0n) is 21.3. The van der Waals surface area contributed by atoms with Gasteiger partial charge in [-0.2, -0.15) is 0 Å². The summed E-state index contributed by atoms with van der Waals surface area (Å²) in [6, 6.07) is 8.27. The smallest absolute Gasteiger partial charge is 0.337 e. The summed E-state index contributed by atoms with van der Waals surface area (Å²) in [5.41, 5.74) is 8.02. The van der Waals surface area contributed by atoms with Crippen molar-refractivity contribution in [2.45, 2.75) is 63.6 Å². The Bertz CT molecular complexity index is 1340. The highest BCUT2D eigenvalue weighted by Gasteiger charge is 2.34. The fraction of sp³-hybridized carbons (Fsp3) is 0.419. The first-order chi connectivity index (χ1) is 18.0. The minimum Gasteiger partial charge on any atom is -0.465 e. The van der Waals surface area contributed by atoms with Gasteiger partial charge in [0.05, 0.1) is 31.5 Å². The van der Waals surface area contributed by atoms with E-state index in [1.165, 1.54) is 37.5 Å². The molecule has 0 bridgehead atoms. The van der Waals surface area contributed by atoms with Crippen LogP contribution in [0.2, 0.25) is 0 Å². The molecule has 2 aliphatic heterocycles. The lowest BCUT2D eigenvalue weighted by molar-refractivity contribution is -0.135. The van der Waals surface area contributed by atoms with Crippen molar-refractivity contribution < 1.29 is 18.7 Å². The van der Waals surface area contributed by atoms with Crippen LogP contribution in [0.4, 0.5) is 4.39 Å². The van der Waals surface area contributed by atoms with Crippen LogP contribution in [0.15, 0.2) is 47.6 Å². The fourth-order valence-corrected chi connectivity index (χ4v) is 6.60. The fourth-order valence-electron chi connectivity index (χ4n) is 6.60. The van der Waals surface area contributed by atoms with Gasteiger partial charge < -0.3 is 14.2 Å². The average Bonchev–Trinajstić information content (AvgIpc) is 3.33. The summed E-state index contributed by atoms with van der Waals surface area (Å²) in [6.45, 7) is 0.980. The van der Waals surface area contributed by atoms with Crippen LogP contribution in [-0.4, -0.2) is 47.7 Å². The Kier molecular flexibility index (Phi) is 6.35. The molecule has 1 saturated heterocycles. The van der Waals surface area contributed by atoms with Gasteiger partial charge in [-0.05, 0) is 60.4 Å². The zero-order chi connectivity index (χ0) is 25.5. The Labute approximate surface area is 217 Å². The number of likely N-dealkylation sites (tertiary alicyclic amines) is 1. The number of fused-ring (bicyclic) bond motifs is 5. The summed E-state index contributed by atoms with van der Waals surface area (Å²) in [5.74, 6) is -0.0319. The molecular formula is C31H33FN2O3. The van der Waals surface area contributed by atoms with Gasteiger partial charge in [-0.25, -0.2) is 9.18 Å². The second-order valence-electron chi connectivity index (χ2n) is 10.6. The highest BCUT2D eigenvalue weighted by molar-refractivity contribution is 6.01. The molecule has 0 unspecified atom stereocenters. The Hall–Kier alpha value is -3.41. The van der Waals surface area contributed by atoms with Crippen LogP contribution in [-0.2, 0) is 27.3 Å². The minimum atomic E-state index is -0.962. The first-order valence-corrected chi connectivity index (χ1v) is 13.5. The summed E-state index contributed by atoms with van der Waals surface area (Å²) in [4.78, 5) is 27.9. The molecule has 1 saturated carbocycles. The maximum atomic E-state index is 14.0. The predicted molar refractivity (Wildman–Crippen MR) is 143 cm³/mol. The Balaban J connectivity index is 1.57. The average molecular weight is 501 g/mol. The number of hydrogen-bond acceptors (Lipinski definition) is 3. The predicted octanol–water partition coefficient (Wildman–Crippen LogP) is 5.84. The number of methoxy groups -OCH3 is 1. The summed E-state index contributed by atoms with van der Waals surface area (Å²) >= 11 is 0. The molecule has 0 N–H and O–H groups in total. The van der Waals surface area contributed by atoms with Gasteiger partial charge in [-0.1, -0.05) is 55.7 Å². The summed E-state index contributed by atoms with van der Waals surface area (Å²) in [7, 11) is 1.40. The number of amides is 1. The van der Waals surface area contributed by atoms with E-state index < -0.39 is 6.17 Å². The van der Waals surface area contributed by atoms with Crippen LogP contribution in [0.3, 0.4) is 0 Å². The quantitative estimate of drug-likeness (QED) is 0.498. The third kappa shape index (κ3) is 4.26. The van der Waals surface area contributed by atoms with Crippen LogP contribution in [0, 0.1) is 0 Å². The lowest BCUT2D eigenvalue weighted by Crippen LogP contribution is -2.31. The molecule has 3 heterocycles. The van der Waals surface area contributed by atoms with Crippen molar-refractivity contribution in [2.75, 3.05) is 20.2 Å². The number of halogens is 1. The zero-order valence-corrected chi connectivity index (χ0v) is 21.3. The van der Waals surface area contributed by atoms with Crippen LogP contribution < -0.4 is 0 Å². The van der Waals surface area contributed by atoms with E-state index in [-0.39, 0.29) is 18.4 Å². The lowest BCUT2D eigenvalue weighted by atomic mass is 9.80. The van der Waals surface area contributed by atoms with Gasteiger partial charge in [0, 0.05) is 23.4 Å². The number of esters is 1. The van der Waals surface area contributed by atoms with Crippen molar-refractivity contribution in [3.63, 3.8) is 0 Å². The third-order valence-electron chi connectivity index (χ3n) is 8.36. The number of nitrogens with zero attached hydrogens (tertiary/aromatic N) is 2. The lowest BCUT2D eigenvalue weighted by Gasteiger charge is -2.24. The number of hydrogen-bond donors (Lipinski definition) is 0. The number of rotatable bonds is 3. The molecule has 2 fully saturated rings. The topological polar surface area (TPSA) is 51.5 Å². The largest absolute Gasteiger partial charge is 0.465 e. The first-order valence-electron chi connectivity index (χ1n) is 13.5. The van der Waals surface area contributed by atoms with Crippen molar-refractivity contribution in [3.05, 3.63) is 69.9 Å². The second kappa shape index (κ2) is 9.81. The standard InChI is InChI=1S/C31H33FN2O3/c1-37-31(36)22-11-7-13-26-27(17-22)34-18-23(30(35)33-15-14-24(32)19-33)16-21-10-5-6-12-25(21)29(34)28(26)20-8-3-2-4-9-20/h5-7,10-12,16-17,20,24H,2-4,8-9,13-15,18-19H2,1H3/t24-/m0/s1. The minimum absolute atomic E-state index is 0.103. The molecule has 1 amide bonds. The Morgan fingerprint density at radius 1 is 1.05 bits per heavy atom. The Morgan fingerprint density at radius 2 is 1.86 bits per heavy atom. The summed E-state index contributed by atoms with van der Waals surface area (Å²) < 4.78 is 21.3. The van der Waals surface area contributed by atoms with Crippen LogP contribution in [0.1, 0.15) is 66.8 Å². The highest BCUT2D eigenvalue weighted by Crippen LogP contribution is 2.46. The molecule has 1 aromatic heterocycles. The maximum absolute atomic E-state index is 14.0. The van der Waals surface area contributed by atoms with Gasteiger partial charge in [0.25, 0.3) is 5.91 Å². The Morgan fingerprint density at radius 3 is 2.62 bits per heavy atom. The number of benzene rings is 1. The van der Waals surface area contributed by atoms with Crippen molar-refractivity contribution in [1.82, 2.24) is 9.47 Å². The molecule has 5 nitrogen and oxygen atoms in total. The summed E-state index contributed by atoms with van der Waals surface area (Å²) in [6.07, 6.45) is 14.0. The van der Waals surface area contributed by atoms with Gasteiger partial charge in [-0.15, -0.1) is 0 Å². The molecule has 6 heteroatoms. The van der Waals surface area contributed by atoms with Crippen LogP contribution >= 0.6 is 0 Å². The van der Waals surface area contributed by atoms with Crippen molar-refractivity contribution in [2.24, 2.45) is 0 Å². The monoisotopic (exact) mass is 500 g/mol. The van der Waals surface area contributed by atoms with Crippen molar-refractivity contribution in [1.29, 1.82) is 0 Å². The number of allylic oxidation sites excluding steroid dienone is 1. The molecule has 0 radical (unpaired) electrons. The molecule has 0 spiro atoms. The molecule has 1 aromatic carbocycles. The maximum Gasteiger partial charge on any atom is 0.337 e. The number of ether oxygens (including phenoxy) is 1. The highest BCUT2D eigenvalue weighted by atomic mass is 19.1. The number of carbonyl (C=O) groups is 2. The van der Waals surface area contributed by atoms with Crippen LogP contribution in [0.5, 0.6) is 0 Å². The molecule has 2 aromatic rings. The molecule has 2 aliphatic carbocycles. The number of carbonyl (C=O) groups excluding carboxylic acids is 2. The summed E-state index contributed by atoms with van der Waals surface area (Å²) in [5, 5.41) is 0. The molecule has 37 heavy (non-hydrogen) atoms. The SMILES string of the molecule is COC(=O)C1=Cc2c(c(C3CCCCC3)c3n2CC(C(=O)N2CC[C@H](F)C2)=Cc2ccccc2-3)CC=C1. The van der Waals surface area contributed by atoms with Gasteiger partial charge in [0.15, 0.2) is 0 Å². The van der Waals surface area contributed by atoms with E-state index in [2.05, 4.69) is 28.8 Å². The molecule has 1 atom stereocenters. The van der Waals surface area contributed by atoms with E-state index in [1.807, 2.05) is 24.3 Å². The van der Waals surface area contributed by atoms with Crippen LogP contribution in [0.25, 0.3) is 23.4 Å².